The summed E-state index contributed by atoms with van der Waals surface area (Å²) in [5.74, 6) is 0.217. The lowest BCUT2D eigenvalue weighted by Crippen LogP contribution is -2.59. The van der Waals surface area contributed by atoms with Crippen LogP contribution in [0.25, 0.3) is 0 Å². The molecule has 184 valence electrons. The van der Waals surface area contributed by atoms with Crippen molar-refractivity contribution in [3.05, 3.63) is 29.8 Å². The van der Waals surface area contributed by atoms with Gasteiger partial charge in [-0.1, -0.05) is 18.2 Å². The number of carbonyl (C=O) groups excluding carboxylic acids is 2. The van der Waals surface area contributed by atoms with E-state index in [1.807, 2.05) is 24.3 Å². The van der Waals surface area contributed by atoms with Crippen molar-refractivity contribution in [3.8, 4) is 5.75 Å². The Balaban J connectivity index is 0.00000306. The molecule has 4 atom stereocenters. The topological polar surface area (TPSA) is 122 Å². The van der Waals surface area contributed by atoms with Crippen molar-refractivity contribution >= 4 is 34.2 Å². The molecule has 0 radical (unpaired) electrons. The number of ether oxygens (including phenoxy) is 1. The maximum Gasteiger partial charge on any atom is 0.243 e. The van der Waals surface area contributed by atoms with E-state index in [0.29, 0.717) is 38.8 Å². The first kappa shape index (κ1) is 25.7. The summed E-state index contributed by atoms with van der Waals surface area (Å²) in [5.41, 5.74) is 7.09. The Labute approximate surface area is 201 Å². The second-order valence-corrected chi connectivity index (χ2v) is 11.6. The molecule has 2 amide bonds. The number of nitrogens with two attached hydrogens (primary N) is 1. The van der Waals surface area contributed by atoms with Crippen LogP contribution in [0.15, 0.2) is 24.3 Å². The van der Waals surface area contributed by atoms with E-state index in [1.54, 1.807) is 18.7 Å². The number of carbonyl (C=O) groups is 2. The third-order valence-electron chi connectivity index (χ3n) is 6.72. The van der Waals surface area contributed by atoms with Gasteiger partial charge in [0.2, 0.25) is 21.8 Å². The fraction of sp³-hybridized carbons (Fsp3) is 0.636. The molecule has 9 nitrogen and oxygen atoms in total. The molecule has 3 aliphatic rings. The van der Waals surface area contributed by atoms with Crippen molar-refractivity contribution in [2.24, 2.45) is 5.73 Å². The zero-order chi connectivity index (χ0) is 23.0. The highest BCUT2D eigenvalue weighted by Gasteiger charge is 2.45. The Morgan fingerprint density at radius 3 is 2.64 bits per heavy atom. The maximum atomic E-state index is 13.2. The van der Waals surface area contributed by atoms with Gasteiger partial charge >= 0.3 is 0 Å². The molecule has 2 fully saturated rings. The molecule has 1 aromatic carbocycles. The number of amides is 2. The van der Waals surface area contributed by atoms with Crippen LogP contribution in [0.4, 0.5) is 0 Å². The molecule has 2 saturated heterocycles. The molecule has 4 rings (SSSR count). The average Bonchev–Trinajstić information content (AvgIpc) is 3.18. The highest BCUT2D eigenvalue weighted by Crippen LogP contribution is 2.34. The molecule has 0 aliphatic carbocycles. The van der Waals surface area contributed by atoms with E-state index >= 15 is 0 Å². The molecule has 1 aromatic rings. The van der Waals surface area contributed by atoms with Gasteiger partial charge < -0.3 is 20.7 Å². The van der Waals surface area contributed by atoms with E-state index < -0.39 is 27.4 Å². The molecule has 0 spiro atoms. The number of hydrogen-bond donors (Lipinski definition) is 2. The molecule has 33 heavy (non-hydrogen) atoms. The minimum atomic E-state index is -3.51. The van der Waals surface area contributed by atoms with E-state index in [2.05, 4.69) is 5.32 Å². The molecule has 3 N–H and O–H groups in total. The van der Waals surface area contributed by atoms with E-state index in [0.717, 1.165) is 11.3 Å². The van der Waals surface area contributed by atoms with Gasteiger partial charge in [0.05, 0.1) is 23.9 Å². The number of para-hydroxylation sites is 1. The number of nitrogens with zero attached hydrogens (tertiary/aromatic N) is 2. The highest BCUT2D eigenvalue weighted by molar-refractivity contribution is 7.89. The lowest BCUT2D eigenvalue weighted by Gasteiger charge is -2.38. The summed E-state index contributed by atoms with van der Waals surface area (Å²) >= 11 is 0. The molecule has 11 heteroatoms. The number of benzene rings is 1. The van der Waals surface area contributed by atoms with E-state index in [9.17, 15) is 18.0 Å². The minimum absolute atomic E-state index is 0. The van der Waals surface area contributed by atoms with E-state index in [1.165, 1.54) is 4.31 Å². The second-order valence-electron chi connectivity index (χ2n) is 9.08. The van der Waals surface area contributed by atoms with Crippen molar-refractivity contribution in [2.75, 3.05) is 19.7 Å². The predicted molar refractivity (Wildman–Crippen MR) is 127 cm³/mol. The second kappa shape index (κ2) is 10.2. The Morgan fingerprint density at radius 1 is 1.18 bits per heavy atom. The normalized spacial score (nSPS) is 28.1. The number of rotatable bonds is 4. The van der Waals surface area contributed by atoms with Gasteiger partial charge in [-0.15, -0.1) is 12.4 Å². The summed E-state index contributed by atoms with van der Waals surface area (Å²) in [6, 6.07) is 5.68. The SMILES string of the molecule is CC(C)S(=O)(=O)N1CC[C@H]2CC[C@@H](C(=O)N[C@@H]3CCOc4ccccc43)N2C(=O)[C@@H](N)C1.Cl. The summed E-state index contributed by atoms with van der Waals surface area (Å²) in [6.45, 7) is 3.99. The zero-order valence-corrected chi connectivity index (χ0v) is 20.6. The fourth-order valence-electron chi connectivity index (χ4n) is 4.92. The first-order valence-corrected chi connectivity index (χ1v) is 12.8. The lowest BCUT2D eigenvalue weighted by atomic mass is 10.00. The molecule has 3 aliphatic heterocycles. The Kier molecular flexibility index (Phi) is 7.93. The number of hydrogen-bond acceptors (Lipinski definition) is 6. The van der Waals surface area contributed by atoms with Gasteiger partial charge in [-0.05, 0) is 39.2 Å². The van der Waals surface area contributed by atoms with Gasteiger partial charge in [-0.3, -0.25) is 9.59 Å². The van der Waals surface area contributed by atoms with Gasteiger partial charge in [0.25, 0.3) is 0 Å². The Morgan fingerprint density at radius 2 is 1.91 bits per heavy atom. The van der Waals surface area contributed by atoms with Crippen LogP contribution < -0.4 is 15.8 Å². The number of halogens is 1. The van der Waals surface area contributed by atoms with Crippen LogP contribution in [0.1, 0.15) is 51.1 Å². The summed E-state index contributed by atoms with van der Waals surface area (Å²) in [5, 5.41) is 2.53. The minimum Gasteiger partial charge on any atom is -0.493 e. The van der Waals surface area contributed by atoms with Crippen molar-refractivity contribution in [3.63, 3.8) is 0 Å². The van der Waals surface area contributed by atoms with Crippen LogP contribution in [0, 0.1) is 0 Å². The van der Waals surface area contributed by atoms with Crippen molar-refractivity contribution in [1.29, 1.82) is 0 Å². The predicted octanol–water partition coefficient (Wildman–Crippen LogP) is 1.18. The molecule has 3 heterocycles. The Hall–Kier alpha value is -1.88. The lowest BCUT2D eigenvalue weighted by molar-refractivity contribution is -0.142. The largest absolute Gasteiger partial charge is 0.493 e. The highest BCUT2D eigenvalue weighted by atomic mass is 35.5. The number of nitrogens with one attached hydrogen (secondary N) is 1. The molecule has 0 bridgehead atoms. The summed E-state index contributed by atoms with van der Waals surface area (Å²) in [6.07, 6.45) is 2.34. The van der Waals surface area contributed by atoms with Gasteiger partial charge in [0, 0.05) is 31.1 Å². The van der Waals surface area contributed by atoms with Crippen LogP contribution in [-0.2, 0) is 19.6 Å². The molecular weight excluding hydrogens is 468 g/mol. The van der Waals surface area contributed by atoms with Crippen molar-refractivity contribution < 1.29 is 22.7 Å². The van der Waals surface area contributed by atoms with Crippen molar-refractivity contribution in [2.45, 2.75) is 68.9 Å². The quantitative estimate of drug-likeness (QED) is 0.640. The molecule has 0 aromatic heterocycles. The Bertz CT molecular complexity index is 989. The molecular formula is C22H33ClN4O5S. The van der Waals surface area contributed by atoms with Crippen LogP contribution in [0.2, 0.25) is 0 Å². The third-order valence-corrected chi connectivity index (χ3v) is 8.96. The van der Waals surface area contributed by atoms with Crippen LogP contribution in [-0.4, -0.2) is 72.5 Å². The van der Waals surface area contributed by atoms with E-state index in [-0.39, 0.29) is 42.8 Å². The zero-order valence-electron chi connectivity index (χ0n) is 19.0. The van der Waals surface area contributed by atoms with Gasteiger partial charge in [-0.25, -0.2) is 8.42 Å². The fourth-order valence-corrected chi connectivity index (χ4v) is 6.24. The number of sulfonamides is 1. The van der Waals surface area contributed by atoms with E-state index in [4.69, 9.17) is 10.5 Å². The van der Waals surface area contributed by atoms with Gasteiger partial charge in [0.15, 0.2) is 0 Å². The van der Waals surface area contributed by atoms with Gasteiger partial charge in [-0.2, -0.15) is 4.31 Å². The standard InChI is InChI=1S/C22H32N4O5S.ClH/c1-14(2)32(29,30)25-11-9-15-7-8-19(26(15)22(28)17(23)13-25)21(27)24-18-10-12-31-20-6-4-3-5-16(18)20;/h3-6,14-15,17-19H,7-13,23H2,1-2H3,(H,24,27);1H/t15-,17+,18-,19+;/m1./s1. The summed E-state index contributed by atoms with van der Waals surface area (Å²) in [7, 11) is -3.51. The van der Waals surface area contributed by atoms with Crippen molar-refractivity contribution in [1.82, 2.24) is 14.5 Å². The van der Waals surface area contributed by atoms with Crippen LogP contribution in [0.5, 0.6) is 5.75 Å². The molecule has 0 unspecified atom stereocenters. The summed E-state index contributed by atoms with van der Waals surface area (Å²) < 4.78 is 32.3. The van der Waals surface area contributed by atoms with Crippen LogP contribution in [0.3, 0.4) is 0 Å². The number of fused-ring (bicyclic) bond motifs is 2. The first-order chi connectivity index (χ1) is 15.2. The molecule has 0 saturated carbocycles. The average molecular weight is 501 g/mol. The summed E-state index contributed by atoms with van der Waals surface area (Å²) in [4.78, 5) is 28.1. The van der Waals surface area contributed by atoms with Gasteiger partial charge in [0.1, 0.15) is 11.8 Å². The smallest absolute Gasteiger partial charge is 0.243 e. The first-order valence-electron chi connectivity index (χ1n) is 11.3. The van der Waals surface area contributed by atoms with Crippen LogP contribution >= 0.6 is 12.4 Å². The monoisotopic (exact) mass is 500 g/mol. The maximum absolute atomic E-state index is 13.2. The third kappa shape index (κ3) is 4.99.